The molecule has 160 valence electrons. The van der Waals surface area contributed by atoms with Crippen LogP contribution in [0.1, 0.15) is 45.1 Å². The molecule has 29 heavy (non-hydrogen) atoms. The first-order valence-corrected chi connectivity index (χ1v) is 12.0. The van der Waals surface area contributed by atoms with Crippen molar-refractivity contribution >= 4 is 21.6 Å². The van der Waals surface area contributed by atoms with Crippen molar-refractivity contribution in [2.24, 2.45) is 0 Å². The van der Waals surface area contributed by atoms with Crippen LogP contribution in [-0.2, 0) is 25.0 Å². The van der Waals surface area contributed by atoms with Crippen LogP contribution < -0.4 is 9.62 Å². The van der Waals surface area contributed by atoms with Crippen molar-refractivity contribution in [3.8, 4) is 0 Å². The van der Waals surface area contributed by atoms with Crippen LogP contribution in [0.3, 0.4) is 0 Å². The van der Waals surface area contributed by atoms with E-state index in [2.05, 4.69) is 23.5 Å². The Balaban J connectivity index is 1.51. The third-order valence-corrected chi connectivity index (χ3v) is 7.67. The Labute approximate surface area is 173 Å². The number of likely N-dealkylation sites (tertiary alicyclic amines) is 1. The zero-order chi connectivity index (χ0) is 20.6. The number of nitrogens with one attached hydrogen (secondary N) is 1. The van der Waals surface area contributed by atoms with E-state index >= 15 is 0 Å². The van der Waals surface area contributed by atoms with Crippen LogP contribution in [0.15, 0.2) is 23.1 Å². The van der Waals surface area contributed by atoms with Crippen LogP contribution in [0.2, 0.25) is 0 Å². The van der Waals surface area contributed by atoms with Crippen molar-refractivity contribution in [1.29, 1.82) is 0 Å². The van der Waals surface area contributed by atoms with E-state index in [4.69, 9.17) is 4.74 Å². The number of hydrogen-bond donors (Lipinski definition) is 1. The van der Waals surface area contributed by atoms with Gasteiger partial charge in [-0.3, -0.25) is 4.79 Å². The Morgan fingerprint density at radius 1 is 1.24 bits per heavy atom. The SMILES string of the molecule is CC1(C)CN(CC(=O)N2CCCC2)c2ccc(S(=O)(=O)NCC3CCCO3)cc21. The van der Waals surface area contributed by atoms with Gasteiger partial charge >= 0.3 is 0 Å². The van der Waals surface area contributed by atoms with E-state index < -0.39 is 10.0 Å². The molecule has 3 aliphatic rings. The predicted octanol–water partition coefficient (Wildman–Crippen LogP) is 1.86. The molecule has 0 spiro atoms. The maximum atomic E-state index is 12.8. The Kier molecular flexibility index (Phi) is 5.61. The molecule has 3 aliphatic heterocycles. The largest absolute Gasteiger partial charge is 0.377 e. The van der Waals surface area contributed by atoms with Crippen LogP contribution in [0, 0.1) is 0 Å². The number of ether oxygens (including phenoxy) is 1. The van der Waals surface area contributed by atoms with Gasteiger partial charge in [0.05, 0.1) is 17.5 Å². The zero-order valence-electron chi connectivity index (χ0n) is 17.3. The third-order valence-electron chi connectivity index (χ3n) is 6.24. The number of carbonyl (C=O) groups is 1. The summed E-state index contributed by atoms with van der Waals surface area (Å²) in [5.41, 5.74) is 1.72. The summed E-state index contributed by atoms with van der Waals surface area (Å²) < 4.78 is 33.8. The third kappa shape index (κ3) is 4.29. The second-order valence-corrected chi connectivity index (χ2v) is 10.8. The summed E-state index contributed by atoms with van der Waals surface area (Å²) in [6.07, 6.45) is 3.98. The number of carbonyl (C=O) groups excluding carboxylic acids is 1. The van der Waals surface area contributed by atoms with Crippen LogP contribution in [0.25, 0.3) is 0 Å². The molecule has 1 aromatic carbocycles. The molecular weight excluding hydrogens is 390 g/mol. The second kappa shape index (κ2) is 7.89. The van der Waals surface area contributed by atoms with Gasteiger partial charge < -0.3 is 14.5 Å². The molecule has 0 aromatic heterocycles. The highest BCUT2D eigenvalue weighted by Crippen LogP contribution is 2.41. The lowest BCUT2D eigenvalue weighted by atomic mass is 9.87. The minimum atomic E-state index is -3.60. The molecule has 1 unspecified atom stereocenters. The molecule has 1 N–H and O–H groups in total. The summed E-state index contributed by atoms with van der Waals surface area (Å²) in [6.45, 7) is 7.94. The van der Waals surface area contributed by atoms with Gasteiger partial charge in [-0.05, 0) is 49.4 Å². The topological polar surface area (TPSA) is 79.0 Å². The van der Waals surface area contributed by atoms with Gasteiger partial charge in [0, 0.05) is 43.9 Å². The van der Waals surface area contributed by atoms with Gasteiger partial charge in [-0.25, -0.2) is 13.1 Å². The highest BCUT2D eigenvalue weighted by Gasteiger charge is 2.37. The van der Waals surface area contributed by atoms with Crippen molar-refractivity contribution in [3.63, 3.8) is 0 Å². The van der Waals surface area contributed by atoms with Crippen molar-refractivity contribution in [3.05, 3.63) is 23.8 Å². The summed E-state index contributed by atoms with van der Waals surface area (Å²) in [4.78, 5) is 16.9. The van der Waals surface area contributed by atoms with E-state index in [1.54, 1.807) is 12.1 Å². The van der Waals surface area contributed by atoms with Crippen LogP contribution in [-0.4, -0.2) is 64.7 Å². The highest BCUT2D eigenvalue weighted by molar-refractivity contribution is 7.89. The average Bonchev–Trinajstić information content (AvgIpc) is 3.42. The van der Waals surface area contributed by atoms with E-state index in [-0.39, 0.29) is 22.3 Å². The molecule has 2 saturated heterocycles. The fourth-order valence-corrected chi connectivity index (χ4v) is 5.70. The summed E-state index contributed by atoms with van der Waals surface area (Å²) in [5, 5.41) is 0. The van der Waals surface area contributed by atoms with Gasteiger partial charge in [-0.2, -0.15) is 0 Å². The molecule has 1 atom stereocenters. The first kappa shape index (κ1) is 20.6. The van der Waals surface area contributed by atoms with Crippen LogP contribution >= 0.6 is 0 Å². The van der Waals surface area contributed by atoms with E-state index in [0.29, 0.717) is 26.2 Å². The van der Waals surface area contributed by atoms with E-state index in [9.17, 15) is 13.2 Å². The smallest absolute Gasteiger partial charge is 0.242 e. The number of rotatable bonds is 6. The molecule has 1 aromatic rings. The number of anilines is 1. The molecule has 7 nitrogen and oxygen atoms in total. The maximum Gasteiger partial charge on any atom is 0.242 e. The second-order valence-electron chi connectivity index (χ2n) is 8.99. The van der Waals surface area contributed by atoms with Gasteiger partial charge in [-0.15, -0.1) is 0 Å². The summed E-state index contributed by atoms with van der Waals surface area (Å²) in [7, 11) is -3.60. The minimum absolute atomic E-state index is 0.0391. The fourth-order valence-electron chi connectivity index (χ4n) is 4.61. The number of nitrogens with zero attached hydrogens (tertiary/aromatic N) is 2. The lowest BCUT2D eigenvalue weighted by Gasteiger charge is -2.24. The van der Waals surface area contributed by atoms with E-state index in [0.717, 1.165) is 50.0 Å². The van der Waals surface area contributed by atoms with E-state index in [1.807, 2.05) is 11.0 Å². The first-order chi connectivity index (χ1) is 13.8. The predicted molar refractivity (Wildman–Crippen MR) is 112 cm³/mol. The van der Waals surface area contributed by atoms with Gasteiger partial charge in [0.25, 0.3) is 0 Å². The highest BCUT2D eigenvalue weighted by atomic mass is 32.2. The normalized spacial score (nSPS) is 23.6. The monoisotopic (exact) mass is 421 g/mol. The van der Waals surface area contributed by atoms with Gasteiger partial charge in [0.1, 0.15) is 0 Å². The number of hydrogen-bond acceptors (Lipinski definition) is 5. The number of sulfonamides is 1. The number of benzene rings is 1. The molecule has 0 bridgehead atoms. The summed E-state index contributed by atoms with van der Waals surface area (Å²) >= 11 is 0. The molecule has 2 fully saturated rings. The molecular formula is C21H31N3O4S. The molecule has 3 heterocycles. The molecule has 0 radical (unpaired) electrons. The maximum absolute atomic E-state index is 12.8. The Hall–Kier alpha value is -1.64. The number of amides is 1. The van der Waals surface area contributed by atoms with Gasteiger partial charge in [0.2, 0.25) is 15.9 Å². The summed E-state index contributed by atoms with van der Waals surface area (Å²) in [5.74, 6) is 0.154. The first-order valence-electron chi connectivity index (χ1n) is 10.5. The van der Waals surface area contributed by atoms with Crippen LogP contribution in [0.4, 0.5) is 5.69 Å². The number of fused-ring (bicyclic) bond motifs is 1. The molecule has 0 saturated carbocycles. The Morgan fingerprint density at radius 3 is 2.69 bits per heavy atom. The lowest BCUT2D eigenvalue weighted by molar-refractivity contribution is -0.128. The van der Waals surface area contributed by atoms with Gasteiger partial charge in [-0.1, -0.05) is 13.8 Å². The van der Waals surface area contributed by atoms with Gasteiger partial charge in [0.15, 0.2) is 0 Å². The molecule has 4 rings (SSSR count). The standard InChI is InChI=1S/C21H31N3O4S/c1-21(2)15-24(14-20(25)23-9-3-4-10-23)19-8-7-17(12-18(19)21)29(26,27)22-13-16-6-5-11-28-16/h7-8,12,16,22H,3-6,9-11,13-15H2,1-2H3. The van der Waals surface area contributed by atoms with Crippen molar-refractivity contribution in [2.75, 3.05) is 44.2 Å². The fraction of sp³-hybridized carbons (Fsp3) is 0.667. The van der Waals surface area contributed by atoms with Crippen LogP contribution in [0.5, 0.6) is 0 Å². The average molecular weight is 422 g/mol. The van der Waals surface area contributed by atoms with E-state index in [1.165, 1.54) is 0 Å². The van der Waals surface area contributed by atoms with Crippen molar-refractivity contribution < 1.29 is 17.9 Å². The zero-order valence-corrected chi connectivity index (χ0v) is 18.1. The Morgan fingerprint density at radius 2 is 2.00 bits per heavy atom. The minimum Gasteiger partial charge on any atom is -0.377 e. The quantitative estimate of drug-likeness (QED) is 0.759. The van der Waals surface area contributed by atoms with Crippen molar-refractivity contribution in [1.82, 2.24) is 9.62 Å². The lowest BCUT2D eigenvalue weighted by Crippen LogP contribution is -2.40. The Bertz CT molecular complexity index is 872. The molecule has 8 heteroatoms. The molecule has 1 amide bonds. The molecule has 0 aliphatic carbocycles. The summed E-state index contributed by atoms with van der Waals surface area (Å²) in [6, 6.07) is 5.26. The van der Waals surface area contributed by atoms with Crippen molar-refractivity contribution in [2.45, 2.75) is 55.9 Å².